The number of hydrogen-bond donors (Lipinski definition) is 7. The zero-order chi connectivity index (χ0) is 71.6. The zero-order valence-electron chi connectivity index (χ0n) is 56.6. The molecule has 8 N–H and O–H groups in total. The fraction of sp³-hybridized carbons (Fsp3) is 0.446. The second kappa shape index (κ2) is 31.5. The number of benzene rings is 4. The monoisotopic (exact) mass is 1400 g/mol. The Morgan fingerprint density at radius 2 is 1.59 bits per heavy atom. The molecule has 0 spiro atoms. The average molecular weight is 1410 g/mol. The van der Waals surface area contributed by atoms with Crippen molar-refractivity contribution in [2.45, 2.75) is 135 Å². The number of hydrogen-bond acceptors (Lipinski definition) is 20. The summed E-state index contributed by atoms with van der Waals surface area (Å²) in [4.78, 5) is 118. The number of carbonyl (C=O) groups excluding carboxylic acids is 5. The molecule has 4 heterocycles. The van der Waals surface area contributed by atoms with Gasteiger partial charge in [0.25, 0.3) is 17.7 Å². The van der Waals surface area contributed by atoms with Crippen LogP contribution < -0.4 is 25.8 Å². The van der Waals surface area contributed by atoms with Crippen LogP contribution in [0, 0.1) is 16.2 Å². The summed E-state index contributed by atoms with van der Waals surface area (Å²) in [6.07, 6.45) is 5.77. The molecule has 27 heteroatoms. The molecule has 26 nitrogen and oxygen atoms in total. The number of aliphatic hydroxyl groups excluding tert-OH is 1. The Morgan fingerprint density at radius 1 is 0.812 bits per heavy atom. The average Bonchev–Trinajstić information content (AvgIpc) is 1.08. The van der Waals surface area contributed by atoms with Gasteiger partial charge in [0, 0.05) is 110 Å². The minimum Gasteiger partial charge on any atom is -0.491 e. The second-order valence-electron chi connectivity index (χ2n) is 27.6. The van der Waals surface area contributed by atoms with Crippen LogP contribution in [-0.2, 0) is 49.5 Å². The second-order valence-corrected chi connectivity index (χ2v) is 28.7. The summed E-state index contributed by atoms with van der Waals surface area (Å²) in [6, 6.07) is 26.7. The number of allylic oxidation sites excluding steroid dienone is 1. The van der Waals surface area contributed by atoms with E-state index in [1.807, 2.05) is 55.5 Å². The maximum atomic E-state index is 14.1. The van der Waals surface area contributed by atoms with E-state index in [0.717, 1.165) is 47.7 Å². The van der Waals surface area contributed by atoms with Gasteiger partial charge in [-0.1, -0.05) is 68.0 Å². The minimum atomic E-state index is -1.35. The highest BCUT2D eigenvalue weighted by Crippen LogP contribution is 2.71. The number of aliphatic hydroxyl groups is 1. The van der Waals surface area contributed by atoms with Crippen LogP contribution in [0.4, 0.5) is 9.93 Å². The van der Waals surface area contributed by atoms with E-state index in [1.165, 1.54) is 45.6 Å². The number of aromatic carboxylic acids is 1. The summed E-state index contributed by atoms with van der Waals surface area (Å²) in [5.74, 6) is -4.45. The third-order valence-corrected chi connectivity index (χ3v) is 20.2. The summed E-state index contributed by atoms with van der Waals surface area (Å²) in [5.41, 5.74) is 8.62. The number of pyridine rings is 1. The van der Waals surface area contributed by atoms with Gasteiger partial charge in [-0.3, -0.25) is 39.2 Å². The molecule has 4 aliphatic carbocycles. The minimum absolute atomic E-state index is 0.0120. The van der Waals surface area contributed by atoms with Crippen molar-refractivity contribution in [3.8, 4) is 22.8 Å². The van der Waals surface area contributed by atoms with E-state index in [9.17, 15) is 58.8 Å². The van der Waals surface area contributed by atoms with E-state index >= 15 is 0 Å². The number of para-hydroxylation sites is 1. The number of amides is 5. The molecule has 5 fully saturated rings. The number of rotatable bonds is 33. The summed E-state index contributed by atoms with van der Waals surface area (Å²) in [6.45, 7) is 7.18. The van der Waals surface area contributed by atoms with Gasteiger partial charge in [-0.2, -0.15) is 0 Å². The van der Waals surface area contributed by atoms with Gasteiger partial charge in [0.15, 0.2) is 16.9 Å². The Hall–Kier alpha value is -9.67. The predicted octanol–water partition coefficient (Wildman–Crippen LogP) is 9.80. The van der Waals surface area contributed by atoms with Crippen LogP contribution >= 0.6 is 11.3 Å². The van der Waals surface area contributed by atoms with Crippen LogP contribution in [0.25, 0.3) is 37.8 Å². The van der Waals surface area contributed by atoms with Crippen molar-refractivity contribution in [1.82, 2.24) is 25.1 Å². The lowest BCUT2D eigenvalue weighted by molar-refractivity contribution is -0.242. The molecular formula is C74H84N8O18S. The molecule has 2 unspecified atom stereocenters. The summed E-state index contributed by atoms with van der Waals surface area (Å²) >= 11 is 1.37. The molecule has 5 atom stereocenters. The highest BCUT2D eigenvalue weighted by atomic mass is 32.1. The first-order valence-electron chi connectivity index (χ1n) is 33.9. The van der Waals surface area contributed by atoms with Gasteiger partial charge in [-0.15, -0.1) is 0 Å². The lowest BCUT2D eigenvalue weighted by Crippen LogP contribution is -2.64. The van der Waals surface area contributed by atoms with Crippen LogP contribution in [0.5, 0.6) is 11.5 Å². The van der Waals surface area contributed by atoms with E-state index in [1.54, 1.807) is 36.4 Å². The van der Waals surface area contributed by atoms with Crippen molar-refractivity contribution in [3.63, 3.8) is 0 Å². The molecule has 2 aromatic heterocycles. The molecule has 4 saturated carbocycles. The van der Waals surface area contributed by atoms with Crippen molar-refractivity contribution in [2.24, 2.45) is 27.0 Å². The number of nitrogens with two attached hydrogens (primary N) is 1. The topological polar surface area (TPSA) is 368 Å². The number of unbranched alkanes of at least 4 members (excludes halogenated alkanes) is 2. The number of nitrogens with one attached hydrogen (secondary N) is 2. The number of aliphatic carboxylic acids is 2. The molecule has 5 amide bonds. The molecule has 1 saturated heterocycles. The predicted molar refractivity (Wildman–Crippen MR) is 373 cm³/mol. The number of fused-ring (bicyclic) bond motifs is 2. The maximum Gasteiger partial charge on any atom is 0.410 e. The number of carboxylic acid groups (broad SMARTS) is 3. The number of anilines is 1. The van der Waals surface area contributed by atoms with Crippen molar-refractivity contribution >= 4 is 96.4 Å². The summed E-state index contributed by atoms with van der Waals surface area (Å²) < 4.78 is 37.3. The largest absolute Gasteiger partial charge is 0.491 e. The number of nitrogens with zero attached hydrogens (tertiary/aromatic N) is 5. The molecule has 0 radical (unpaired) electrons. The molecular weight excluding hydrogens is 1320 g/mol. The molecule has 2 aliphatic heterocycles. The summed E-state index contributed by atoms with van der Waals surface area (Å²) in [5, 5.41) is 48.5. The smallest absolute Gasteiger partial charge is 0.410 e. The van der Waals surface area contributed by atoms with Crippen molar-refractivity contribution < 1.29 is 87.2 Å². The van der Waals surface area contributed by atoms with Crippen LogP contribution in [-0.4, -0.2) is 177 Å². The Balaban J connectivity index is 0.710. The lowest BCUT2D eigenvalue weighted by Gasteiger charge is -2.69. The Morgan fingerprint density at radius 3 is 2.34 bits per heavy atom. The number of ether oxygens (including phenoxy) is 6. The molecule has 101 heavy (non-hydrogen) atoms. The van der Waals surface area contributed by atoms with E-state index in [4.69, 9.17) is 39.1 Å². The van der Waals surface area contributed by atoms with Crippen LogP contribution in [0.1, 0.15) is 136 Å². The van der Waals surface area contributed by atoms with Crippen LogP contribution in [0.3, 0.4) is 0 Å². The molecule has 12 rings (SSSR count). The SMILES string of the molecule is CC(=NCC12CC3(C)CC(C)(C1)CC(OCCN(CCC(=O)O)C(=O)OCc1ccc(OCCOCCNC(=O)CCCCCN4C(=O)C=CC4=O)cc1O[C@@H]1C[C@H](O)C[C@H](C(=O)O)O1)(C3)C2)C(=CN)c1ccc(-c2ccc3cccc(C(=O)Nc4nc5ccccc5s4)c3c2)nc1C(=O)O. The number of thiazole rings is 1. The third kappa shape index (κ3) is 17.9. The Bertz CT molecular complexity index is 4180. The molecule has 6 aliphatic rings. The standard InChI is InChI=1S/C74H84N8O18S/c1-45(54(36-75)51-19-20-55(78-65(51)68(92)93)47-16-15-46-10-9-11-52(53(46)32-47)66(89)80-69-79-56-12-6-7-13-59(56)101-69)77-44-73-39-71(2)38-72(3,40-73)42-74(41-71,43-73)98-29-27-81(26-23-63(87)88)70(94)97-37-48-17-18-50(35-57(48)99-64-34-49(83)33-58(100-64)67(90)91)96-31-30-95-28-24-76-60(84)14-5-4-8-25-82-61(85)21-22-62(82)86/h6-7,9-13,15-22,32,35-36,49,58,64,83H,4-5,8,14,23-31,33-34,37-44,75H2,1-3H3,(H,76,84)(H,87,88)(H,90,91)(H,92,93)(H,79,80,89)/t49-,58-,64+,71?,72?,73?,74?/m1/s1. The number of aliphatic imine (C=N–C) groups is 1. The third-order valence-electron chi connectivity index (χ3n) is 19.2. The van der Waals surface area contributed by atoms with Gasteiger partial charge in [0.05, 0.1) is 53.9 Å². The summed E-state index contributed by atoms with van der Waals surface area (Å²) in [7, 11) is 0. The molecule has 6 aromatic rings. The molecule has 4 aromatic carbocycles. The van der Waals surface area contributed by atoms with E-state index in [-0.39, 0.29) is 135 Å². The Kier molecular flexibility index (Phi) is 22.6. The van der Waals surface area contributed by atoms with E-state index < -0.39 is 48.1 Å². The number of carboxylic acids is 3. The number of aromatic nitrogens is 2. The van der Waals surface area contributed by atoms with Crippen molar-refractivity contribution in [3.05, 3.63) is 132 Å². The zero-order valence-corrected chi connectivity index (χ0v) is 57.4. The lowest BCUT2D eigenvalue weighted by atomic mass is 9.39. The highest BCUT2D eigenvalue weighted by Gasteiger charge is 2.66. The maximum absolute atomic E-state index is 14.1. The fourth-order valence-corrected chi connectivity index (χ4v) is 16.8. The molecule has 4 bridgehead atoms. The van der Waals surface area contributed by atoms with Gasteiger partial charge < -0.3 is 64.8 Å². The van der Waals surface area contributed by atoms with Gasteiger partial charge in [0.2, 0.25) is 12.2 Å². The number of carbonyl (C=O) groups is 8. The highest BCUT2D eigenvalue weighted by molar-refractivity contribution is 7.22. The van der Waals surface area contributed by atoms with Gasteiger partial charge in [-0.25, -0.2) is 24.4 Å². The van der Waals surface area contributed by atoms with Crippen LogP contribution in [0.2, 0.25) is 0 Å². The first-order valence-corrected chi connectivity index (χ1v) is 34.7. The first-order chi connectivity index (χ1) is 48.4. The van der Waals surface area contributed by atoms with Gasteiger partial charge in [0.1, 0.15) is 24.7 Å². The quantitative estimate of drug-likeness (QED) is 0.0114. The van der Waals surface area contributed by atoms with Gasteiger partial charge in [-0.05, 0) is 134 Å². The Labute approximate surface area is 586 Å². The number of imide groups is 1. The van der Waals surface area contributed by atoms with Crippen LogP contribution in [0.15, 0.2) is 114 Å². The normalized spacial score (nSPS) is 23.1. The molecule has 534 valence electrons. The fourth-order valence-electron chi connectivity index (χ4n) is 15.9. The van der Waals surface area contributed by atoms with Crippen molar-refractivity contribution in [2.75, 3.05) is 64.5 Å². The van der Waals surface area contributed by atoms with E-state index in [0.29, 0.717) is 88.7 Å². The first kappa shape index (κ1) is 72.6. The van der Waals surface area contributed by atoms with Gasteiger partial charge >= 0.3 is 24.0 Å². The van der Waals surface area contributed by atoms with Crippen molar-refractivity contribution in [1.29, 1.82) is 0 Å². The van der Waals surface area contributed by atoms with E-state index in [2.05, 4.69) is 34.4 Å².